The Morgan fingerprint density at radius 2 is 1.73 bits per heavy atom. The second kappa shape index (κ2) is 5.16. The summed E-state index contributed by atoms with van der Waals surface area (Å²) in [6.45, 7) is 14.4. The Labute approximate surface area is 94.1 Å². The van der Waals surface area contributed by atoms with Gasteiger partial charge in [-0.3, -0.25) is 0 Å². The molecule has 0 unspecified atom stereocenters. The van der Waals surface area contributed by atoms with E-state index in [1.165, 1.54) is 48.0 Å². The van der Waals surface area contributed by atoms with Gasteiger partial charge in [0, 0.05) is 0 Å². The first-order valence-corrected chi connectivity index (χ1v) is 5.76. The van der Waals surface area contributed by atoms with E-state index in [9.17, 15) is 0 Å². The summed E-state index contributed by atoms with van der Waals surface area (Å²) in [7, 11) is 0. The summed E-state index contributed by atoms with van der Waals surface area (Å²) in [5.74, 6) is 0. The van der Waals surface area contributed by atoms with Crippen LogP contribution < -0.4 is 0 Å². The molecular weight excluding hydrogens is 180 g/mol. The molecule has 0 aromatic heterocycles. The molecule has 1 rings (SSSR count). The quantitative estimate of drug-likeness (QED) is 0.568. The van der Waals surface area contributed by atoms with Gasteiger partial charge in [0.2, 0.25) is 0 Å². The highest BCUT2D eigenvalue weighted by molar-refractivity contribution is 5.52. The number of hydrogen-bond donors (Lipinski definition) is 0. The van der Waals surface area contributed by atoms with E-state index in [4.69, 9.17) is 0 Å². The summed E-state index contributed by atoms with van der Waals surface area (Å²) in [5.41, 5.74) is 6.45. The molecule has 0 atom stereocenters. The molecule has 0 aromatic rings. The standard InChI is InChI=1S/C15H22/c1-11(2)13(5)15(12(3)4)14-9-7-6-8-10-14/h9H,1,3,6-8,10H2,2,4-5H3/b15-13+. The molecular formula is C15H22. The van der Waals surface area contributed by atoms with Gasteiger partial charge < -0.3 is 0 Å². The molecule has 0 fully saturated rings. The van der Waals surface area contributed by atoms with E-state index in [2.05, 4.69) is 40.0 Å². The fourth-order valence-electron chi connectivity index (χ4n) is 2.11. The highest BCUT2D eigenvalue weighted by atomic mass is 14.2. The maximum Gasteiger partial charge on any atom is -0.0173 e. The van der Waals surface area contributed by atoms with E-state index in [-0.39, 0.29) is 0 Å². The predicted molar refractivity (Wildman–Crippen MR) is 68.9 cm³/mol. The van der Waals surface area contributed by atoms with Crippen LogP contribution in [0.1, 0.15) is 46.5 Å². The predicted octanol–water partition coefficient (Wildman–Crippen LogP) is 4.96. The van der Waals surface area contributed by atoms with Gasteiger partial charge in [0.15, 0.2) is 0 Å². The molecule has 0 saturated heterocycles. The summed E-state index contributed by atoms with van der Waals surface area (Å²) in [6, 6.07) is 0. The van der Waals surface area contributed by atoms with Gasteiger partial charge in [-0.1, -0.05) is 30.4 Å². The first-order chi connectivity index (χ1) is 7.04. The molecule has 0 heteroatoms. The average molecular weight is 202 g/mol. The van der Waals surface area contributed by atoms with Gasteiger partial charge in [0.25, 0.3) is 0 Å². The van der Waals surface area contributed by atoms with Crippen LogP contribution in [0.3, 0.4) is 0 Å². The highest BCUT2D eigenvalue weighted by Crippen LogP contribution is 2.31. The van der Waals surface area contributed by atoms with E-state index in [0.29, 0.717) is 0 Å². The van der Waals surface area contributed by atoms with Crippen LogP contribution in [0.5, 0.6) is 0 Å². The zero-order chi connectivity index (χ0) is 11.4. The van der Waals surface area contributed by atoms with Crippen molar-refractivity contribution >= 4 is 0 Å². The minimum atomic E-state index is 1.15. The zero-order valence-corrected chi connectivity index (χ0v) is 10.3. The summed E-state index contributed by atoms with van der Waals surface area (Å²) >= 11 is 0. The zero-order valence-electron chi connectivity index (χ0n) is 10.3. The van der Waals surface area contributed by atoms with Crippen molar-refractivity contribution in [2.75, 3.05) is 0 Å². The largest absolute Gasteiger partial charge is 0.0958 e. The summed E-state index contributed by atoms with van der Waals surface area (Å²) in [4.78, 5) is 0. The van der Waals surface area contributed by atoms with Crippen molar-refractivity contribution in [2.24, 2.45) is 0 Å². The van der Waals surface area contributed by atoms with Crippen LogP contribution in [-0.2, 0) is 0 Å². The summed E-state index contributed by atoms with van der Waals surface area (Å²) < 4.78 is 0. The van der Waals surface area contributed by atoms with Gasteiger partial charge in [-0.25, -0.2) is 0 Å². The fourth-order valence-corrected chi connectivity index (χ4v) is 2.11. The lowest BCUT2D eigenvalue weighted by Crippen LogP contribution is -2.00. The van der Waals surface area contributed by atoms with Crippen molar-refractivity contribution in [1.29, 1.82) is 0 Å². The van der Waals surface area contributed by atoms with Crippen molar-refractivity contribution in [3.8, 4) is 0 Å². The molecule has 0 radical (unpaired) electrons. The Bertz CT molecular complexity index is 337. The van der Waals surface area contributed by atoms with Crippen molar-refractivity contribution in [2.45, 2.75) is 46.5 Å². The smallest absolute Gasteiger partial charge is 0.0173 e. The van der Waals surface area contributed by atoms with Crippen LogP contribution >= 0.6 is 0 Å². The molecule has 82 valence electrons. The maximum absolute atomic E-state index is 4.09. The van der Waals surface area contributed by atoms with Crippen LogP contribution in [0.25, 0.3) is 0 Å². The lowest BCUT2D eigenvalue weighted by atomic mass is 9.86. The normalized spacial score (nSPS) is 17.9. The third-order valence-corrected chi connectivity index (χ3v) is 3.05. The average Bonchev–Trinajstić information content (AvgIpc) is 2.18. The van der Waals surface area contributed by atoms with E-state index < -0.39 is 0 Å². The van der Waals surface area contributed by atoms with Gasteiger partial charge in [0.05, 0.1) is 0 Å². The maximum atomic E-state index is 4.09. The lowest BCUT2D eigenvalue weighted by Gasteiger charge is -2.19. The van der Waals surface area contributed by atoms with E-state index in [1.54, 1.807) is 0 Å². The van der Waals surface area contributed by atoms with Crippen molar-refractivity contribution in [3.63, 3.8) is 0 Å². The Morgan fingerprint density at radius 3 is 2.13 bits per heavy atom. The monoisotopic (exact) mass is 202 g/mol. The minimum absolute atomic E-state index is 1.15. The van der Waals surface area contributed by atoms with Crippen LogP contribution in [-0.4, -0.2) is 0 Å². The highest BCUT2D eigenvalue weighted by Gasteiger charge is 2.12. The van der Waals surface area contributed by atoms with Crippen molar-refractivity contribution in [3.05, 3.63) is 47.1 Å². The molecule has 1 aliphatic carbocycles. The molecule has 0 nitrogen and oxygen atoms in total. The van der Waals surface area contributed by atoms with Gasteiger partial charge >= 0.3 is 0 Å². The van der Waals surface area contributed by atoms with E-state index >= 15 is 0 Å². The van der Waals surface area contributed by atoms with Crippen molar-refractivity contribution < 1.29 is 0 Å². The molecule has 0 amide bonds. The van der Waals surface area contributed by atoms with Gasteiger partial charge in [-0.2, -0.15) is 0 Å². The second-order valence-electron chi connectivity index (χ2n) is 4.54. The Hall–Kier alpha value is -1.04. The first kappa shape index (κ1) is 12.0. The van der Waals surface area contributed by atoms with Gasteiger partial charge in [-0.05, 0) is 63.2 Å². The minimum Gasteiger partial charge on any atom is -0.0958 e. The molecule has 0 aromatic carbocycles. The van der Waals surface area contributed by atoms with Gasteiger partial charge in [0.1, 0.15) is 0 Å². The van der Waals surface area contributed by atoms with Crippen molar-refractivity contribution in [1.82, 2.24) is 0 Å². The molecule has 0 aliphatic heterocycles. The topological polar surface area (TPSA) is 0 Å². The SMILES string of the molecule is C=C(C)/C(C)=C(\C(=C)C)C1=CCCCC1. The van der Waals surface area contributed by atoms with Crippen LogP contribution in [0.2, 0.25) is 0 Å². The summed E-state index contributed by atoms with van der Waals surface area (Å²) in [6.07, 6.45) is 7.44. The molecule has 0 spiro atoms. The first-order valence-electron chi connectivity index (χ1n) is 5.76. The molecule has 0 saturated carbocycles. The lowest BCUT2D eigenvalue weighted by molar-refractivity contribution is 0.706. The summed E-state index contributed by atoms with van der Waals surface area (Å²) in [5, 5.41) is 0. The second-order valence-corrected chi connectivity index (χ2v) is 4.54. The number of rotatable bonds is 3. The Balaban J connectivity index is 3.13. The Kier molecular flexibility index (Phi) is 4.14. The van der Waals surface area contributed by atoms with Crippen LogP contribution in [0.4, 0.5) is 0 Å². The van der Waals surface area contributed by atoms with E-state index in [0.717, 1.165) is 5.57 Å². The Morgan fingerprint density at radius 1 is 1.07 bits per heavy atom. The molecule has 15 heavy (non-hydrogen) atoms. The van der Waals surface area contributed by atoms with E-state index in [1.807, 2.05) is 0 Å². The van der Waals surface area contributed by atoms with Crippen LogP contribution in [0.15, 0.2) is 47.1 Å². The third kappa shape index (κ3) is 2.95. The molecule has 1 aliphatic rings. The fraction of sp³-hybridized carbons (Fsp3) is 0.467. The third-order valence-electron chi connectivity index (χ3n) is 3.05. The molecule has 0 N–H and O–H groups in total. The molecule has 0 heterocycles. The number of allylic oxidation sites excluding steroid dienone is 6. The number of hydrogen-bond acceptors (Lipinski definition) is 0. The van der Waals surface area contributed by atoms with Crippen LogP contribution in [0, 0.1) is 0 Å². The van der Waals surface area contributed by atoms with Gasteiger partial charge in [-0.15, -0.1) is 0 Å². The molecule has 0 bridgehead atoms.